The highest BCUT2D eigenvalue weighted by Crippen LogP contribution is 2.02. The molecule has 9 heavy (non-hydrogen) atoms. The Hall–Kier alpha value is 0.230. The fourth-order valence-electron chi connectivity index (χ4n) is 0.516. The van der Waals surface area contributed by atoms with Crippen molar-refractivity contribution in [1.82, 2.24) is 10.2 Å². The van der Waals surface area contributed by atoms with Crippen LogP contribution < -0.4 is 10.2 Å². The molecule has 0 aromatic carbocycles. The van der Waals surface area contributed by atoms with Crippen LogP contribution >= 0.6 is 11.9 Å². The van der Waals surface area contributed by atoms with E-state index in [0.717, 1.165) is 13.2 Å². The van der Waals surface area contributed by atoms with E-state index in [1.54, 1.807) is 11.9 Å². The molecule has 0 aliphatic carbocycles. The molecule has 2 N–H and O–H groups in total. The Bertz CT molecular complexity index is 51.7. The summed E-state index contributed by atoms with van der Waals surface area (Å²) < 4.78 is 2.92. The second kappa shape index (κ2) is 5.05. The molecule has 2 aliphatic heterocycles. The van der Waals surface area contributed by atoms with Crippen LogP contribution in [0.3, 0.4) is 0 Å². The molecule has 0 atom stereocenters. The molecule has 54 valence electrons. The van der Waals surface area contributed by atoms with Crippen molar-refractivity contribution in [2.75, 3.05) is 19.0 Å². The van der Waals surface area contributed by atoms with Crippen LogP contribution in [0, 0.1) is 0 Å². The van der Waals surface area contributed by atoms with Crippen molar-refractivity contribution < 1.29 is 4.84 Å². The Morgan fingerprint density at radius 1 is 1.33 bits per heavy atom. The van der Waals surface area contributed by atoms with Crippen LogP contribution in [0.5, 0.6) is 0 Å². The number of rotatable bonds is 0. The summed E-state index contributed by atoms with van der Waals surface area (Å²) in [5.74, 6) is 1.17. The van der Waals surface area contributed by atoms with E-state index < -0.39 is 0 Å². The first-order valence-corrected chi connectivity index (χ1v) is 4.18. The van der Waals surface area contributed by atoms with Crippen LogP contribution in [-0.4, -0.2) is 19.0 Å². The second-order valence-corrected chi connectivity index (χ2v) is 2.75. The summed E-state index contributed by atoms with van der Waals surface area (Å²) in [6, 6.07) is 0. The van der Waals surface area contributed by atoms with E-state index in [2.05, 4.69) is 10.2 Å². The molecule has 2 rings (SSSR count). The Kier molecular flexibility index (Phi) is 4.12. The lowest BCUT2D eigenvalue weighted by Crippen LogP contribution is -2.22. The first-order valence-electron chi connectivity index (χ1n) is 3.19. The van der Waals surface area contributed by atoms with Crippen LogP contribution in [0.15, 0.2) is 0 Å². The number of hydroxylamine groups is 1. The Labute approximate surface area is 59.6 Å². The highest BCUT2D eigenvalue weighted by molar-refractivity contribution is 8.03. The predicted octanol–water partition coefficient (Wildman–Crippen LogP) is 0.497. The molecule has 2 aliphatic rings. The minimum Gasteiger partial charge on any atom is -0.302 e. The Balaban J connectivity index is 0.000000112. The van der Waals surface area contributed by atoms with E-state index in [9.17, 15) is 0 Å². The molecule has 0 aromatic rings. The predicted molar refractivity (Wildman–Crippen MR) is 38.8 cm³/mol. The first-order chi connectivity index (χ1) is 4.50. The van der Waals surface area contributed by atoms with Crippen molar-refractivity contribution in [3.63, 3.8) is 0 Å². The second-order valence-electron chi connectivity index (χ2n) is 1.88. The fourth-order valence-corrected chi connectivity index (χ4v) is 0.516. The SMILES string of the molecule is C1CCONC1.C1NS1. The van der Waals surface area contributed by atoms with Gasteiger partial charge in [0.25, 0.3) is 0 Å². The molecule has 2 heterocycles. The molecule has 2 fully saturated rings. The summed E-state index contributed by atoms with van der Waals surface area (Å²) in [6.07, 6.45) is 2.48. The van der Waals surface area contributed by atoms with Gasteiger partial charge >= 0.3 is 0 Å². The van der Waals surface area contributed by atoms with Crippen molar-refractivity contribution in [1.29, 1.82) is 0 Å². The number of hydrogen-bond donors (Lipinski definition) is 2. The summed E-state index contributed by atoms with van der Waals surface area (Å²) >= 11 is 1.75. The Morgan fingerprint density at radius 3 is 2.22 bits per heavy atom. The lowest BCUT2D eigenvalue weighted by Gasteiger charge is -2.09. The van der Waals surface area contributed by atoms with Gasteiger partial charge in [-0.25, -0.2) is 5.48 Å². The van der Waals surface area contributed by atoms with Crippen molar-refractivity contribution in [2.24, 2.45) is 0 Å². The molecular formula is C5H12N2OS. The van der Waals surface area contributed by atoms with Gasteiger partial charge in [-0.3, -0.25) is 4.72 Å². The third-order valence-electron chi connectivity index (χ3n) is 1.02. The van der Waals surface area contributed by atoms with E-state index in [4.69, 9.17) is 4.84 Å². The zero-order chi connectivity index (χ0) is 6.36. The van der Waals surface area contributed by atoms with Crippen molar-refractivity contribution in [3.8, 4) is 0 Å². The summed E-state index contributed by atoms with van der Waals surface area (Å²) in [7, 11) is 0. The third kappa shape index (κ3) is 6.11. The van der Waals surface area contributed by atoms with Crippen LogP contribution in [-0.2, 0) is 4.84 Å². The third-order valence-corrected chi connectivity index (χ3v) is 1.31. The summed E-state index contributed by atoms with van der Waals surface area (Å²) in [5.41, 5.74) is 2.78. The molecule has 0 amide bonds. The minimum atomic E-state index is 0.889. The molecule has 0 aromatic heterocycles. The van der Waals surface area contributed by atoms with E-state index in [0.29, 0.717) is 0 Å². The largest absolute Gasteiger partial charge is 0.302 e. The van der Waals surface area contributed by atoms with Gasteiger partial charge in [0.15, 0.2) is 0 Å². The molecule has 3 nitrogen and oxygen atoms in total. The molecule has 2 saturated heterocycles. The van der Waals surface area contributed by atoms with E-state index >= 15 is 0 Å². The summed E-state index contributed by atoms with van der Waals surface area (Å²) in [5, 5.41) is 0. The number of hydrogen-bond acceptors (Lipinski definition) is 4. The molecular weight excluding hydrogens is 136 g/mol. The van der Waals surface area contributed by atoms with Gasteiger partial charge in [0.2, 0.25) is 0 Å². The van der Waals surface area contributed by atoms with Gasteiger partial charge in [0, 0.05) is 6.54 Å². The topological polar surface area (TPSA) is 43.2 Å². The van der Waals surface area contributed by atoms with Crippen LogP contribution in [0.2, 0.25) is 0 Å². The van der Waals surface area contributed by atoms with Gasteiger partial charge in [0.05, 0.1) is 12.5 Å². The molecule has 0 bridgehead atoms. The van der Waals surface area contributed by atoms with Crippen molar-refractivity contribution in [3.05, 3.63) is 0 Å². The average molecular weight is 148 g/mol. The van der Waals surface area contributed by atoms with Crippen molar-refractivity contribution >= 4 is 11.9 Å². The highest BCUT2D eigenvalue weighted by atomic mass is 32.2. The van der Waals surface area contributed by atoms with Gasteiger partial charge in [-0.1, -0.05) is 11.9 Å². The maximum Gasteiger partial charge on any atom is 0.0682 e. The molecule has 0 saturated carbocycles. The van der Waals surface area contributed by atoms with Crippen LogP contribution in [0.25, 0.3) is 0 Å². The normalized spacial score (nSPS) is 24.0. The summed E-state index contributed by atoms with van der Waals surface area (Å²) in [4.78, 5) is 4.82. The lowest BCUT2D eigenvalue weighted by molar-refractivity contribution is 0.0128. The summed E-state index contributed by atoms with van der Waals surface area (Å²) in [6.45, 7) is 1.92. The average Bonchev–Trinajstić information content (AvgIpc) is 2.76. The van der Waals surface area contributed by atoms with E-state index in [1.807, 2.05) is 0 Å². The molecule has 0 spiro atoms. The zero-order valence-corrected chi connectivity index (χ0v) is 6.17. The number of nitrogens with one attached hydrogen (secondary N) is 2. The maximum absolute atomic E-state index is 4.82. The van der Waals surface area contributed by atoms with Gasteiger partial charge < -0.3 is 4.84 Å². The lowest BCUT2D eigenvalue weighted by atomic mass is 10.3. The van der Waals surface area contributed by atoms with Gasteiger partial charge in [-0.15, -0.1) is 0 Å². The minimum absolute atomic E-state index is 0.889. The van der Waals surface area contributed by atoms with Crippen LogP contribution in [0.1, 0.15) is 12.8 Å². The van der Waals surface area contributed by atoms with Gasteiger partial charge in [0.1, 0.15) is 0 Å². The maximum atomic E-state index is 4.82. The first kappa shape index (κ1) is 7.34. The standard InChI is InChI=1S/C4H9NO.CH3NS/c1-2-4-6-5-3-1;1-2-3-1/h5H,1-4H2;2H,1H2. The van der Waals surface area contributed by atoms with Gasteiger partial charge in [-0.2, -0.15) is 0 Å². The molecule has 4 heteroatoms. The quantitative estimate of drug-likeness (QED) is 0.388. The monoisotopic (exact) mass is 148 g/mol. The molecule has 0 unspecified atom stereocenters. The zero-order valence-electron chi connectivity index (χ0n) is 5.35. The fraction of sp³-hybridized carbons (Fsp3) is 1.00. The van der Waals surface area contributed by atoms with E-state index in [1.165, 1.54) is 18.7 Å². The smallest absolute Gasteiger partial charge is 0.0682 e. The highest BCUT2D eigenvalue weighted by Gasteiger charge is 1.93. The van der Waals surface area contributed by atoms with Gasteiger partial charge in [-0.05, 0) is 12.8 Å². The Morgan fingerprint density at radius 2 is 2.11 bits per heavy atom. The van der Waals surface area contributed by atoms with Crippen LogP contribution in [0.4, 0.5) is 0 Å². The van der Waals surface area contributed by atoms with E-state index in [-0.39, 0.29) is 0 Å². The molecule has 0 radical (unpaired) electrons. The van der Waals surface area contributed by atoms with Crippen molar-refractivity contribution in [2.45, 2.75) is 12.8 Å².